The number of hydroxylamine groups is 3. The van der Waals surface area contributed by atoms with Gasteiger partial charge in [-0.15, -0.1) is 0 Å². The van der Waals surface area contributed by atoms with Gasteiger partial charge in [0.2, 0.25) is 0 Å². The fourth-order valence-electron chi connectivity index (χ4n) is 2.08. The maximum absolute atomic E-state index is 11.9. The van der Waals surface area contributed by atoms with Crippen LogP contribution in [-0.4, -0.2) is 23.2 Å². The van der Waals surface area contributed by atoms with Gasteiger partial charge < -0.3 is 9.85 Å². The highest BCUT2D eigenvalue weighted by atomic mass is 16.5. The molecule has 1 aliphatic rings. The van der Waals surface area contributed by atoms with Crippen LogP contribution in [0, 0.1) is 5.21 Å². The molecule has 1 aromatic heterocycles. The van der Waals surface area contributed by atoms with Crippen LogP contribution in [0.15, 0.2) is 24.5 Å². The zero-order valence-corrected chi connectivity index (χ0v) is 7.81. The first-order valence-electron chi connectivity index (χ1n) is 4.66. The SMILES string of the molecule is C[N@@+]1([O-])CCC[C@@H]1c1cccnc1. The van der Waals surface area contributed by atoms with Crippen LogP contribution in [0.1, 0.15) is 24.4 Å². The lowest BCUT2D eigenvalue weighted by Gasteiger charge is -2.40. The number of likely N-dealkylation sites (tertiary alicyclic amines) is 1. The van der Waals surface area contributed by atoms with Crippen LogP contribution in [0.25, 0.3) is 0 Å². The predicted octanol–water partition coefficient (Wildman–Crippen LogP) is 1.86. The molecule has 0 spiro atoms. The molecule has 0 amide bonds. The average molecular weight is 178 g/mol. The highest BCUT2D eigenvalue weighted by molar-refractivity contribution is 5.12. The Bertz CT molecular complexity index is 284. The molecule has 2 atom stereocenters. The van der Waals surface area contributed by atoms with Gasteiger partial charge in [-0.05, 0) is 6.07 Å². The number of nitrogens with zero attached hydrogens (tertiary/aromatic N) is 2. The van der Waals surface area contributed by atoms with Crippen molar-refractivity contribution in [1.82, 2.24) is 4.98 Å². The molecule has 1 fully saturated rings. The summed E-state index contributed by atoms with van der Waals surface area (Å²) in [5, 5.41) is 11.9. The van der Waals surface area contributed by atoms with E-state index < -0.39 is 0 Å². The molecule has 0 N–H and O–H groups in total. The van der Waals surface area contributed by atoms with Crippen molar-refractivity contribution >= 4 is 0 Å². The molecule has 0 saturated carbocycles. The molecule has 1 aromatic rings. The summed E-state index contributed by atoms with van der Waals surface area (Å²) in [6, 6.07) is 4.00. The van der Waals surface area contributed by atoms with E-state index in [1.807, 2.05) is 18.3 Å². The average Bonchev–Trinajstić information content (AvgIpc) is 2.47. The maximum Gasteiger partial charge on any atom is 0.116 e. The first kappa shape index (κ1) is 8.66. The van der Waals surface area contributed by atoms with Gasteiger partial charge in [-0.25, -0.2) is 0 Å². The van der Waals surface area contributed by atoms with Crippen molar-refractivity contribution in [2.75, 3.05) is 13.6 Å². The van der Waals surface area contributed by atoms with Crippen LogP contribution < -0.4 is 0 Å². The second kappa shape index (κ2) is 3.09. The van der Waals surface area contributed by atoms with Crippen molar-refractivity contribution < 1.29 is 4.65 Å². The Hall–Kier alpha value is -0.930. The molecule has 1 saturated heterocycles. The van der Waals surface area contributed by atoms with Gasteiger partial charge in [0.05, 0.1) is 13.6 Å². The second-order valence-electron chi connectivity index (χ2n) is 3.84. The third kappa shape index (κ3) is 1.57. The second-order valence-corrected chi connectivity index (χ2v) is 3.84. The Morgan fingerprint density at radius 1 is 1.62 bits per heavy atom. The molecule has 0 unspecified atom stereocenters. The standard InChI is InChI=1S/C10H14N2O/c1-12(13)7-3-5-10(12)9-4-2-6-11-8-9/h2,4,6,8,10H,3,5,7H2,1H3/t10-,12-/m1/s1. The first-order valence-corrected chi connectivity index (χ1v) is 4.66. The molecule has 0 radical (unpaired) electrons. The lowest BCUT2D eigenvalue weighted by atomic mass is 10.1. The minimum atomic E-state index is -0.133. The van der Waals surface area contributed by atoms with E-state index >= 15 is 0 Å². The van der Waals surface area contributed by atoms with E-state index in [2.05, 4.69) is 4.98 Å². The number of hydrogen-bond donors (Lipinski definition) is 0. The zero-order valence-electron chi connectivity index (χ0n) is 7.81. The van der Waals surface area contributed by atoms with Gasteiger partial charge in [0.25, 0.3) is 0 Å². The summed E-state index contributed by atoms with van der Waals surface area (Å²) in [6.45, 7) is 0.736. The summed E-state index contributed by atoms with van der Waals surface area (Å²) in [5.41, 5.74) is 1.08. The van der Waals surface area contributed by atoms with Crippen molar-refractivity contribution in [3.05, 3.63) is 35.3 Å². The molecule has 2 rings (SSSR count). The van der Waals surface area contributed by atoms with Gasteiger partial charge >= 0.3 is 0 Å². The molecule has 2 heterocycles. The van der Waals surface area contributed by atoms with Crippen LogP contribution >= 0.6 is 0 Å². The molecule has 0 bridgehead atoms. The Labute approximate surface area is 78.2 Å². The van der Waals surface area contributed by atoms with Crippen molar-refractivity contribution in [2.24, 2.45) is 0 Å². The zero-order chi connectivity index (χ0) is 9.31. The van der Waals surface area contributed by atoms with E-state index in [9.17, 15) is 5.21 Å². The molecular formula is C10H14N2O. The number of pyridine rings is 1. The number of rotatable bonds is 1. The quantitative estimate of drug-likeness (QED) is 0.486. The van der Waals surface area contributed by atoms with Gasteiger partial charge in [-0.2, -0.15) is 0 Å². The van der Waals surface area contributed by atoms with Crippen molar-refractivity contribution in [1.29, 1.82) is 0 Å². The smallest absolute Gasteiger partial charge is 0.116 e. The highest BCUT2D eigenvalue weighted by Gasteiger charge is 2.32. The minimum Gasteiger partial charge on any atom is -0.633 e. The Morgan fingerprint density at radius 2 is 2.46 bits per heavy atom. The monoisotopic (exact) mass is 178 g/mol. The van der Waals surface area contributed by atoms with E-state index in [1.165, 1.54) is 0 Å². The molecular weight excluding hydrogens is 164 g/mol. The Balaban J connectivity index is 2.27. The number of quaternary nitrogens is 1. The first-order chi connectivity index (χ1) is 6.20. The molecule has 70 valence electrons. The third-order valence-corrected chi connectivity index (χ3v) is 2.81. The number of aromatic nitrogens is 1. The Kier molecular flexibility index (Phi) is 2.06. The number of hydrogen-bond acceptors (Lipinski definition) is 2. The molecule has 3 heteroatoms. The topological polar surface area (TPSA) is 36.0 Å². The molecule has 3 nitrogen and oxygen atoms in total. The van der Waals surface area contributed by atoms with Gasteiger partial charge in [0, 0.05) is 30.8 Å². The van der Waals surface area contributed by atoms with Gasteiger partial charge in [0.15, 0.2) is 0 Å². The van der Waals surface area contributed by atoms with Crippen molar-refractivity contribution in [3.63, 3.8) is 0 Å². The highest BCUT2D eigenvalue weighted by Crippen LogP contribution is 2.35. The maximum atomic E-state index is 11.9. The Morgan fingerprint density at radius 3 is 3.00 bits per heavy atom. The lowest BCUT2D eigenvalue weighted by molar-refractivity contribution is -0.878. The van der Waals surface area contributed by atoms with Crippen LogP contribution in [-0.2, 0) is 0 Å². The van der Waals surface area contributed by atoms with E-state index in [0.717, 1.165) is 24.9 Å². The summed E-state index contributed by atoms with van der Waals surface area (Å²) in [4.78, 5) is 4.05. The largest absolute Gasteiger partial charge is 0.633 e. The molecule has 0 aromatic carbocycles. The van der Waals surface area contributed by atoms with E-state index in [0.29, 0.717) is 0 Å². The van der Waals surface area contributed by atoms with Gasteiger partial charge in [0.1, 0.15) is 6.04 Å². The molecule has 0 aliphatic carbocycles. The van der Waals surface area contributed by atoms with Crippen molar-refractivity contribution in [3.8, 4) is 0 Å². The van der Waals surface area contributed by atoms with Gasteiger partial charge in [-0.1, -0.05) is 6.07 Å². The van der Waals surface area contributed by atoms with E-state index in [4.69, 9.17) is 0 Å². The van der Waals surface area contributed by atoms with E-state index in [-0.39, 0.29) is 10.7 Å². The van der Waals surface area contributed by atoms with E-state index in [1.54, 1.807) is 13.2 Å². The predicted molar refractivity (Wildman–Crippen MR) is 50.6 cm³/mol. The fourth-order valence-corrected chi connectivity index (χ4v) is 2.08. The normalized spacial score (nSPS) is 33.5. The van der Waals surface area contributed by atoms with Crippen LogP contribution in [0.3, 0.4) is 0 Å². The van der Waals surface area contributed by atoms with Gasteiger partial charge in [-0.3, -0.25) is 4.98 Å². The molecule has 1 aliphatic heterocycles. The summed E-state index contributed by atoms with van der Waals surface area (Å²) in [7, 11) is 1.75. The molecule has 13 heavy (non-hydrogen) atoms. The van der Waals surface area contributed by atoms with Crippen LogP contribution in [0.4, 0.5) is 0 Å². The fraction of sp³-hybridized carbons (Fsp3) is 0.500. The summed E-state index contributed by atoms with van der Waals surface area (Å²) < 4.78 is -0.133. The summed E-state index contributed by atoms with van der Waals surface area (Å²) in [6.07, 6.45) is 5.57. The summed E-state index contributed by atoms with van der Waals surface area (Å²) >= 11 is 0. The van der Waals surface area contributed by atoms with Crippen LogP contribution in [0.2, 0.25) is 0 Å². The third-order valence-electron chi connectivity index (χ3n) is 2.81. The minimum absolute atomic E-state index is 0.105. The summed E-state index contributed by atoms with van der Waals surface area (Å²) in [5.74, 6) is 0. The lowest BCUT2D eigenvalue weighted by Crippen LogP contribution is -2.36. The van der Waals surface area contributed by atoms with Crippen molar-refractivity contribution in [2.45, 2.75) is 18.9 Å². The van der Waals surface area contributed by atoms with Crippen LogP contribution in [0.5, 0.6) is 0 Å².